The zero-order valence-corrected chi connectivity index (χ0v) is 23.2. The van der Waals surface area contributed by atoms with E-state index in [0.29, 0.717) is 34.9 Å². The predicted molar refractivity (Wildman–Crippen MR) is 152 cm³/mol. The van der Waals surface area contributed by atoms with Crippen LogP contribution in [0.3, 0.4) is 0 Å². The number of rotatable bonds is 6. The van der Waals surface area contributed by atoms with E-state index in [9.17, 15) is 13.5 Å². The molecule has 1 aliphatic carbocycles. The molecule has 10 heteroatoms. The number of aliphatic hydroxyl groups is 1. The van der Waals surface area contributed by atoms with Gasteiger partial charge >= 0.3 is 0 Å². The van der Waals surface area contributed by atoms with Gasteiger partial charge in [-0.15, -0.1) is 0 Å². The van der Waals surface area contributed by atoms with Crippen LogP contribution in [0.15, 0.2) is 65.7 Å². The lowest BCUT2D eigenvalue weighted by Gasteiger charge is -2.24. The molecule has 6 rings (SSSR count). The Morgan fingerprint density at radius 3 is 2.70 bits per heavy atom. The van der Waals surface area contributed by atoms with Gasteiger partial charge in [-0.05, 0) is 56.5 Å². The van der Waals surface area contributed by atoms with Crippen molar-refractivity contribution in [3.63, 3.8) is 0 Å². The fourth-order valence-electron chi connectivity index (χ4n) is 5.79. The van der Waals surface area contributed by atoms with Crippen molar-refractivity contribution in [2.75, 3.05) is 5.32 Å². The molecule has 1 unspecified atom stereocenters. The Balaban J connectivity index is 1.44. The second-order valence-electron chi connectivity index (χ2n) is 11.0. The van der Waals surface area contributed by atoms with Crippen molar-refractivity contribution in [1.82, 2.24) is 14.8 Å². The van der Waals surface area contributed by atoms with Gasteiger partial charge in [0.05, 0.1) is 16.5 Å². The number of aromatic nitrogens is 3. The van der Waals surface area contributed by atoms with Crippen molar-refractivity contribution in [3.05, 3.63) is 83.3 Å². The third kappa shape index (κ3) is 4.21. The summed E-state index contributed by atoms with van der Waals surface area (Å²) in [7, 11) is -3.67. The van der Waals surface area contributed by atoms with E-state index in [1.807, 2.05) is 41.1 Å². The van der Waals surface area contributed by atoms with Crippen LogP contribution in [0.1, 0.15) is 62.8 Å². The van der Waals surface area contributed by atoms with E-state index in [1.54, 1.807) is 18.3 Å². The number of benzene rings is 2. The highest BCUT2D eigenvalue weighted by atomic mass is 32.2. The summed E-state index contributed by atoms with van der Waals surface area (Å²) < 4.78 is 32.8. The van der Waals surface area contributed by atoms with Gasteiger partial charge in [-0.25, -0.2) is 20.0 Å². The van der Waals surface area contributed by atoms with Gasteiger partial charge in [0, 0.05) is 23.9 Å². The number of pyridine rings is 1. The number of fused-ring (bicyclic) bond motifs is 2. The van der Waals surface area contributed by atoms with E-state index in [4.69, 9.17) is 16.4 Å². The second kappa shape index (κ2) is 9.91. The fourth-order valence-corrected chi connectivity index (χ4v) is 7.50. The molecule has 4 aromatic rings. The maximum absolute atomic E-state index is 13.0. The van der Waals surface area contributed by atoms with Crippen molar-refractivity contribution in [2.24, 2.45) is 0 Å². The fraction of sp³-hybridized carbons (Fsp3) is 0.367. The molecule has 9 nitrogen and oxygen atoms in total. The van der Waals surface area contributed by atoms with Crippen molar-refractivity contribution in [2.45, 2.75) is 74.0 Å². The molecule has 1 saturated carbocycles. The first-order chi connectivity index (χ1) is 19.2. The van der Waals surface area contributed by atoms with Gasteiger partial charge < -0.3 is 20.0 Å². The van der Waals surface area contributed by atoms with Crippen LogP contribution in [0.2, 0.25) is 0 Å². The smallest absolute Gasteiger partial charge is 0.245 e. The first-order valence-electron chi connectivity index (χ1n) is 13.5. The molecule has 1 aliphatic heterocycles. The molecule has 0 radical (unpaired) electrons. The second-order valence-corrected chi connectivity index (χ2v) is 13.5. The molecular weight excluding hydrogens is 526 g/mol. The molecule has 3 heterocycles. The zero-order valence-electron chi connectivity index (χ0n) is 22.4. The number of nitrogens with one attached hydrogen (secondary N) is 1. The van der Waals surface area contributed by atoms with E-state index < -0.39 is 20.7 Å². The van der Waals surface area contributed by atoms with Crippen LogP contribution >= 0.6 is 0 Å². The largest absolute Gasteiger partial charge is 0.472 e. The van der Waals surface area contributed by atoms with Crippen LogP contribution in [0.4, 0.5) is 11.5 Å². The quantitative estimate of drug-likeness (QED) is 0.290. The minimum Gasteiger partial charge on any atom is -0.472 e. The van der Waals surface area contributed by atoms with Crippen molar-refractivity contribution >= 4 is 32.2 Å². The minimum atomic E-state index is -3.67. The molecule has 0 amide bonds. The molecule has 2 N–H and O–H groups in total. The maximum atomic E-state index is 13.0. The van der Waals surface area contributed by atoms with Gasteiger partial charge in [0.15, 0.2) is 15.7 Å². The Labute approximate surface area is 233 Å². The molecule has 0 saturated heterocycles. The molecule has 40 heavy (non-hydrogen) atoms. The van der Waals surface area contributed by atoms with E-state index in [1.165, 1.54) is 19.9 Å². The molecule has 1 fully saturated rings. The van der Waals surface area contributed by atoms with Crippen LogP contribution in [-0.2, 0) is 16.4 Å². The number of nitrogens with zero attached hydrogens (tertiary/aromatic N) is 4. The standard InChI is InChI=1S/C30H31N5O4S/c1-30(2)27(36)21-17-20(13-14-25(21)40(30,37)38)33-28-26-24(35(34-28)23-12-8-7-11-22(23)31-3)15-16-32-29(26)39-18-19-9-5-4-6-10-19/h4-6,9-10,13-17,22-23,27,36H,7-8,11-12,18H2,1-2H3,(H,33,34)/t22-,23-,27?/m0/s1. The molecule has 2 aliphatic rings. The number of hydrogen-bond donors (Lipinski definition) is 2. The summed E-state index contributed by atoms with van der Waals surface area (Å²) in [6.07, 6.45) is 4.26. The molecular formula is C30H31N5O4S. The van der Waals surface area contributed by atoms with Gasteiger partial charge in [0.25, 0.3) is 0 Å². The normalized spacial score (nSPS) is 22.9. The first kappa shape index (κ1) is 26.3. The summed E-state index contributed by atoms with van der Waals surface area (Å²) in [5, 5.41) is 19.9. The molecule has 3 atom stereocenters. The predicted octanol–water partition coefficient (Wildman–Crippen LogP) is 5.76. The topological polar surface area (TPSA) is 111 Å². The monoisotopic (exact) mass is 557 g/mol. The van der Waals surface area contributed by atoms with E-state index in [2.05, 4.69) is 15.1 Å². The van der Waals surface area contributed by atoms with Crippen LogP contribution in [0, 0.1) is 6.57 Å². The Morgan fingerprint density at radius 1 is 1.15 bits per heavy atom. The Hall–Kier alpha value is -3.94. The van der Waals surface area contributed by atoms with Crippen LogP contribution in [0.25, 0.3) is 15.7 Å². The summed E-state index contributed by atoms with van der Waals surface area (Å²) in [5.41, 5.74) is 2.75. The summed E-state index contributed by atoms with van der Waals surface area (Å²) in [4.78, 5) is 8.59. The zero-order chi connectivity index (χ0) is 28.1. The van der Waals surface area contributed by atoms with Crippen LogP contribution in [0.5, 0.6) is 5.88 Å². The third-order valence-corrected chi connectivity index (χ3v) is 10.7. The maximum Gasteiger partial charge on any atom is 0.245 e. The number of anilines is 2. The van der Waals surface area contributed by atoms with Gasteiger partial charge in [-0.1, -0.05) is 36.8 Å². The number of sulfone groups is 1. The number of ether oxygens (including phenoxy) is 1. The van der Waals surface area contributed by atoms with E-state index >= 15 is 0 Å². The average molecular weight is 558 g/mol. The van der Waals surface area contributed by atoms with E-state index in [-0.39, 0.29) is 17.0 Å². The lowest BCUT2D eigenvalue weighted by Crippen LogP contribution is -2.32. The van der Waals surface area contributed by atoms with Crippen LogP contribution in [-0.4, -0.2) is 39.1 Å². The highest BCUT2D eigenvalue weighted by Gasteiger charge is 2.51. The van der Waals surface area contributed by atoms with Gasteiger partial charge in [0.1, 0.15) is 22.8 Å². The Morgan fingerprint density at radius 2 is 1.93 bits per heavy atom. The number of aliphatic hydroxyl groups excluding tert-OH is 1. The van der Waals surface area contributed by atoms with E-state index in [0.717, 1.165) is 36.8 Å². The summed E-state index contributed by atoms with van der Waals surface area (Å²) in [5.74, 6) is 0.908. The molecule has 2 aromatic heterocycles. The summed E-state index contributed by atoms with van der Waals surface area (Å²) in [6, 6.07) is 16.3. The van der Waals surface area contributed by atoms with Crippen LogP contribution < -0.4 is 10.1 Å². The minimum absolute atomic E-state index is 0.0820. The van der Waals surface area contributed by atoms with Gasteiger partial charge in [-0.2, -0.15) is 5.10 Å². The molecule has 206 valence electrons. The lowest BCUT2D eigenvalue weighted by atomic mass is 9.91. The van der Waals surface area contributed by atoms with Crippen molar-refractivity contribution in [1.29, 1.82) is 0 Å². The third-order valence-electron chi connectivity index (χ3n) is 8.19. The van der Waals surface area contributed by atoms with Gasteiger partial charge in [-0.3, -0.25) is 4.68 Å². The lowest BCUT2D eigenvalue weighted by molar-refractivity contribution is 0.144. The molecule has 0 spiro atoms. The summed E-state index contributed by atoms with van der Waals surface area (Å²) in [6.45, 7) is 11.2. The average Bonchev–Trinajstić information content (AvgIpc) is 3.39. The highest BCUT2D eigenvalue weighted by molar-refractivity contribution is 7.93. The molecule has 2 aromatic carbocycles. The van der Waals surface area contributed by atoms with Gasteiger partial charge in [0.2, 0.25) is 11.9 Å². The molecule has 0 bridgehead atoms. The Kier molecular flexibility index (Phi) is 6.51. The number of hydrogen-bond acceptors (Lipinski definition) is 7. The highest BCUT2D eigenvalue weighted by Crippen LogP contribution is 2.47. The van der Waals surface area contributed by atoms with Crippen molar-refractivity contribution < 1.29 is 18.3 Å². The SMILES string of the molecule is [C-]#[N+][C@H]1CCCC[C@@H]1n1nc(Nc2ccc3c(c2)C(O)C(C)(C)S3(=O)=O)c2c(OCc3ccccc3)nccc21. The van der Waals surface area contributed by atoms with Crippen molar-refractivity contribution in [3.8, 4) is 5.88 Å². The Bertz CT molecular complexity index is 1730. The summed E-state index contributed by atoms with van der Waals surface area (Å²) >= 11 is 0. The first-order valence-corrected chi connectivity index (χ1v) is 14.9.